The predicted octanol–water partition coefficient (Wildman–Crippen LogP) is 0.729. The molecule has 0 bridgehead atoms. The number of aliphatic carboxylic acids is 1. The fraction of sp³-hybridized carbons (Fsp3) is 0.818. The van der Waals surface area contributed by atoms with Gasteiger partial charge in [-0.1, -0.05) is 20.3 Å². The minimum atomic E-state index is -1.00. The molecule has 94 valence electrons. The number of carboxylic acids is 1. The molecule has 0 heterocycles. The molecule has 0 fully saturated rings. The van der Waals surface area contributed by atoms with Crippen molar-refractivity contribution in [1.82, 2.24) is 5.32 Å². The number of rotatable bonds is 6. The number of nitrogens with one attached hydrogen (secondary N) is 1. The van der Waals surface area contributed by atoms with Gasteiger partial charge in [0.2, 0.25) is 5.91 Å². The summed E-state index contributed by atoms with van der Waals surface area (Å²) in [5.41, 5.74) is 5.07. The molecular formula is C11H22N2O3. The van der Waals surface area contributed by atoms with E-state index in [-0.39, 0.29) is 18.2 Å². The molecule has 0 aromatic heterocycles. The fourth-order valence-corrected chi connectivity index (χ4v) is 1.32. The molecule has 0 aromatic rings. The third kappa shape index (κ3) is 5.70. The number of nitrogens with two attached hydrogens (primary N) is 1. The summed E-state index contributed by atoms with van der Waals surface area (Å²) < 4.78 is 0. The quantitative estimate of drug-likeness (QED) is 0.627. The van der Waals surface area contributed by atoms with Crippen LogP contribution in [0.5, 0.6) is 0 Å². The lowest BCUT2D eigenvalue weighted by molar-refractivity contribution is -0.143. The van der Waals surface area contributed by atoms with Gasteiger partial charge in [0.25, 0.3) is 0 Å². The maximum atomic E-state index is 11.5. The van der Waals surface area contributed by atoms with Gasteiger partial charge in [0.1, 0.15) is 6.04 Å². The van der Waals surface area contributed by atoms with Gasteiger partial charge in [-0.25, -0.2) is 4.79 Å². The second-order valence-corrected chi connectivity index (χ2v) is 4.93. The molecule has 0 radical (unpaired) electrons. The van der Waals surface area contributed by atoms with Crippen LogP contribution in [0, 0.1) is 5.92 Å². The van der Waals surface area contributed by atoms with Crippen LogP contribution in [-0.2, 0) is 9.59 Å². The Morgan fingerprint density at radius 2 is 1.94 bits per heavy atom. The summed E-state index contributed by atoms with van der Waals surface area (Å²) in [6.45, 7) is 7.14. The van der Waals surface area contributed by atoms with Crippen molar-refractivity contribution in [1.29, 1.82) is 0 Å². The zero-order chi connectivity index (χ0) is 12.9. The van der Waals surface area contributed by atoms with Crippen LogP contribution in [-0.4, -0.2) is 28.6 Å². The van der Waals surface area contributed by atoms with E-state index < -0.39 is 17.6 Å². The van der Waals surface area contributed by atoms with Gasteiger partial charge in [0.05, 0.1) is 0 Å². The van der Waals surface area contributed by atoms with E-state index in [0.717, 1.165) is 0 Å². The Labute approximate surface area is 96.4 Å². The van der Waals surface area contributed by atoms with Crippen LogP contribution in [0.4, 0.5) is 0 Å². The van der Waals surface area contributed by atoms with Crippen molar-refractivity contribution in [2.75, 3.05) is 0 Å². The Kier molecular flexibility index (Phi) is 5.44. The van der Waals surface area contributed by atoms with Crippen molar-refractivity contribution >= 4 is 11.9 Å². The standard InChI is InChI=1S/C11H22N2O3/c1-5-7(2)9(10(15)16)13-8(14)6-11(3,4)12/h7,9H,5-6,12H2,1-4H3,(H,13,14)(H,15,16)/t7?,9-/m0/s1. The van der Waals surface area contributed by atoms with Gasteiger partial charge in [-0.15, -0.1) is 0 Å². The maximum absolute atomic E-state index is 11.5. The van der Waals surface area contributed by atoms with Gasteiger partial charge in [-0.05, 0) is 19.8 Å². The van der Waals surface area contributed by atoms with Gasteiger partial charge >= 0.3 is 5.97 Å². The van der Waals surface area contributed by atoms with Crippen molar-refractivity contribution < 1.29 is 14.7 Å². The zero-order valence-corrected chi connectivity index (χ0v) is 10.4. The predicted molar refractivity (Wildman–Crippen MR) is 61.9 cm³/mol. The maximum Gasteiger partial charge on any atom is 0.326 e. The highest BCUT2D eigenvalue weighted by Crippen LogP contribution is 2.09. The van der Waals surface area contributed by atoms with E-state index in [4.69, 9.17) is 10.8 Å². The molecule has 1 unspecified atom stereocenters. The highest BCUT2D eigenvalue weighted by Gasteiger charge is 2.26. The summed E-state index contributed by atoms with van der Waals surface area (Å²) >= 11 is 0. The third-order valence-electron chi connectivity index (χ3n) is 2.41. The monoisotopic (exact) mass is 230 g/mol. The second kappa shape index (κ2) is 5.84. The first-order valence-electron chi connectivity index (χ1n) is 5.48. The number of carbonyl (C=O) groups excluding carboxylic acids is 1. The lowest BCUT2D eigenvalue weighted by Gasteiger charge is -2.23. The molecule has 5 nitrogen and oxygen atoms in total. The van der Waals surface area contributed by atoms with E-state index in [1.54, 1.807) is 20.8 Å². The van der Waals surface area contributed by atoms with E-state index in [1.807, 2.05) is 6.92 Å². The van der Waals surface area contributed by atoms with Gasteiger partial charge < -0.3 is 16.2 Å². The topological polar surface area (TPSA) is 92.4 Å². The first-order valence-corrected chi connectivity index (χ1v) is 5.48. The first-order chi connectivity index (χ1) is 7.17. The lowest BCUT2D eigenvalue weighted by atomic mass is 9.97. The Morgan fingerprint density at radius 3 is 2.25 bits per heavy atom. The summed E-state index contributed by atoms with van der Waals surface area (Å²) in [6, 6.07) is -0.833. The van der Waals surface area contributed by atoms with Crippen LogP contribution >= 0.6 is 0 Å². The van der Waals surface area contributed by atoms with E-state index in [2.05, 4.69) is 5.32 Å². The second-order valence-electron chi connectivity index (χ2n) is 4.93. The van der Waals surface area contributed by atoms with Crippen LogP contribution in [0.15, 0.2) is 0 Å². The van der Waals surface area contributed by atoms with Crippen molar-refractivity contribution in [2.24, 2.45) is 11.7 Å². The molecule has 2 atom stereocenters. The first kappa shape index (κ1) is 14.9. The molecule has 0 rings (SSSR count). The van der Waals surface area contributed by atoms with Gasteiger partial charge in [-0.3, -0.25) is 4.79 Å². The molecule has 16 heavy (non-hydrogen) atoms. The van der Waals surface area contributed by atoms with Crippen LogP contribution in [0.1, 0.15) is 40.5 Å². The minimum Gasteiger partial charge on any atom is -0.480 e. The molecule has 0 saturated heterocycles. The summed E-state index contributed by atoms with van der Waals surface area (Å²) in [4.78, 5) is 22.5. The van der Waals surface area contributed by atoms with Crippen molar-refractivity contribution in [2.45, 2.75) is 52.1 Å². The van der Waals surface area contributed by atoms with Crippen LogP contribution in [0.3, 0.4) is 0 Å². The van der Waals surface area contributed by atoms with Crippen LogP contribution < -0.4 is 11.1 Å². The molecule has 0 aliphatic heterocycles. The normalized spacial score (nSPS) is 15.3. The molecule has 0 aliphatic carbocycles. The number of hydrogen-bond acceptors (Lipinski definition) is 3. The van der Waals surface area contributed by atoms with Crippen LogP contribution in [0.25, 0.3) is 0 Å². The summed E-state index contributed by atoms with van der Waals surface area (Å²) in [5, 5.41) is 11.5. The number of amides is 1. The lowest BCUT2D eigenvalue weighted by Crippen LogP contribution is -2.48. The summed E-state index contributed by atoms with van der Waals surface area (Å²) in [5.74, 6) is -1.42. The Morgan fingerprint density at radius 1 is 1.44 bits per heavy atom. The highest BCUT2D eigenvalue weighted by atomic mass is 16.4. The fourth-order valence-electron chi connectivity index (χ4n) is 1.32. The average Bonchev–Trinajstić information content (AvgIpc) is 2.09. The van der Waals surface area contributed by atoms with E-state index in [0.29, 0.717) is 6.42 Å². The molecule has 1 amide bonds. The number of hydrogen-bond donors (Lipinski definition) is 3. The molecule has 4 N–H and O–H groups in total. The average molecular weight is 230 g/mol. The number of carboxylic acid groups (broad SMARTS) is 1. The van der Waals surface area contributed by atoms with Crippen molar-refractivity contribution in [3.8, 4) is 0 Å². The molecule has 5 heteroatoms. The smallest absolute Gasteiger partial charge is 0.326 e. The Balaban J connectivity index is 4.42. The summed E-state index contributed by atoms with van der Waals surface area (Å²) in [6.07, 6.45) is 0.816. The molecule has 0 aromatic carbocycles. The van der Waals surface area contributed by atoms with Gasteiger partial charge in [0.15, 0.2) is 0 Å². The Hall–Kier alpha value is -1.10. The molecular weight excluding hydrogens is 208 g/mol. The van der Waals surface area contributed by atoms with Gasteiger partial charge in [-0.2, -0.15) is 0 Å². The zero-order valence-electron chi connectivity index (χ0n) is 10.4. The molecule has 0 saturated carbocycles. The number of carbonyl (C=O) groups is 2. The van der Waals surface area contributed by atoms with E-state index in [9.17, 15) is 9.59 Å². The van der Waals surface area contributed by atoms with Crippen molar-refractivity contribution in [3.63, 3.8) is 0 Å². The largest absolute Gasteiger partial charge is 0.480 e. The van der Waals surface area contributed by atoms with E-state index in [1.165, 1.54) is 0 Å². The van der Waals surface area contributed by atoms with Gasteiger partial charge in [0, 0.05) is 12.0 Å². The third-order valence-corrected chi connectivity index (χ3v) is 2.41. The van der Waals surface area contributed by atoms with E-state index >= 15 is 0 Å². The summed E-state index contributed by atoms with van der Waals surface area (Å²) in [7, 11) is 0. The van der Waals surface area contributed by atoms with Crippen molar-refractivity contribution in [3.05, 3.63) is 0 Å². The Bertz CT molecular complexity index is 258. The SMILES string of the molecule is CCC(C)[C@H](NC(=O)CC(C)(C)N)C(=O)O. The molecule has 0 aliphatic rings. The highest BCUT2D eigenvalue weighted by molar-refractivity contribution is 5.84. The molecule has 0 spiro atoms. The van der Waals surface area contributed by atoms with Crippen LogP contribution in [0.2, 0.25) is 0 Å². The minimum absolute atomic E-state index is 0.0951.